The molecular formula is C25H24N2O5. The molecule has 0 radical (unpaired) electrons. The maximum absolute atomic E-state index is 13.1. The third kappa shape index (κ3) is 4.14. The number of hydrogen-bond acceptors (Lipinski definition) is 6. The molecule has 0 bridgehead atoms. The highest BCUT2D eigenvalue weighted by Gasteiger charge is 2.47. The van der Waals surface area contributed by atoms with Crippen molar-refractivity contribution < 1.29 is 23.8 Å². The van der Waals surface area contributed by atoms with Crippen LogP contribution < -0.4 is 4.74 Å². The molecular weight excluding hydrogens is 408 g/mol. The van der Waals surface area contributed by atoms with Gasteiger partial charge < -0.3 is 19.2 Å². The minimum atomic E-state index is -0.850. The van der Waals surface area contributed by atoms with E-state index in [0.29, 0.717) is 29.4 Å². The van der Waals surface area contributed by atoms with Gasteiger partial charge in [0.15, 0.2) is 0 Å². The van der Waals surface area contributed by atoms with Crippen LogP contribution in [-0.2, 0) is 16.1 Å². The lowest BCUT2D eigenvalue weighted by molar-refractivity contribution is -0.140. The van der Waals surface area contributed by atoms with Crippen molar-refractivity contribution >= 4 is 17.4 Å². The van der Waals surface area contributed by atoms with Crippen molar-refractivity contribution in [1.29, 1.82) is 0 Å². The van der Waals surface area contributed by atoms with E-state index in [2.05, 4.69) is 4.98 Å². The first-order valence-corrected chi connectivity index (χ1v) is 10.5. The number of furan rings is 1. The van der Waals surface area contributed by atoms with Gasteiger partial charge in [0.2, 0.25) is 0 Å². The highest BCUT2D eigenvalue weighted by molar-refractivity contribution is 6.46. The third-order valence-corrected chi connectivity index (χ3v) is 5.25. The normalized spacial score (nSPS) is 17.7. The van der Waals surface area contributed by atoms with Crippen molar-refractivity contribution in [2.24, 2.45) is 0 Å². The molecule has 1 aliphatic heterocycles. The fourth-order valence-corrected chi connectivity index (χ4v) is 3.73. The van der Waals surface area contributed by atoms with Gasteiger partial charge in [-0.25, -0.2) is 0 Å². The van der Waals surface area contributed by atoms with Gasteiger partial charge in [-0.1, -0.05) is 19.1 Å². The highest BCUT2D eigenvalue weighted by atomic mass is 16.5. The monoisotopic (exact) mass is 432 g/mol. The van der Waals surface area contributed by atoms with E-state index in [9.17, 15) is 14.7 Å². The van der Waals surface area contributed by atoms with Gasteiger partial charge >= 0.3 is 0 Å². The van der Waals surface area contributed by atoms with E-state index in [0.717, 1.165) is 12.0 Å². The molecule has 2 aromatic heterocycles. The molecule has 3 aromatic rings. The molecule has 7 heteroatoms. The fourth-order valence-electron chi connectivity index (χ4n) is 3.73. The average Bonchev–Trinajstić information content (AvgIpc) is 3.34. The van der Waals surface area contributed by atoms with E-state index < -0.39 is 17.7 Å². The van der Waals surface area contributed by atoms with Crippen LogP contribution in [0, 0.1) is 6.92 Å². The number of pyridine rings is 1. The molecule has 1 unspecified atom stereocenters. The van der Waals surface area contributed by atoms with Gasteiger partial charge in [0.25, 0.3) is 11.7 Å². The zero-order valence-corrected chi connectivity index (χ0v) is 17.9. The Labute approximate surface area is 186 Å². The lowest BCUT2D eigenvalue weighted by Crippen LogP contribution is -2.29. The number of amides is 1. The molecule has 4 rings (SSSR count). The molecule has 3 heterocycles. The quantitative estimate of drug-likeness (QED) is 0.338. The standard InChI is InChI=1S/C25H24N2O5/c1-3-13-31-19-6-4-5-18(14-19)23(28)21-22(20-8-7-16(2)32-20)27(25(30)24(21)29)15-17-9-11-26-12-10-17/h4-12,14,22,28H,3,13,15H2,1-2H3/b23-21+. The predicted molar refractivity (Wildman–Crippen MR) is 118 cm³/mol. The van der Waals surface area contributed by atoms with Gasteiger partial charge in [0.05, 0.1) is 12.2 Å². The van der Waals surface area contributed by atoms with Gasteiger partial charge in [-0.05, 0) is 55.3 Å². The molecule has 1 aliphatic rings. The maximum Gasteiger partial charge on any atom is 0.296 e. The van der Waals surface area contributed by atoms with Crippen LogP contribution in [0.4, 0.5) is 0 Å². The number of aromatic nitrogens is 1. The van der Waals surface area contributed by atoms with Crippen LogP contribution in [0.15, 0.2) is 70.9 Å². The molecule has 1 saturated heterocycles. The summed E-state index contributed by atoms with van der Waals surface area (Å²) in [6.45, 7) is 4.49. The summed E-state index contributed by atoms with van der Waals surface area (Å²) in [7, 11) is 0. The maximum atomic E-state index is 13.1. The lowest BCUT2D eigenvalue weighted by atomic mass is 9.99. The van der Waals surface area contributed by atoms with Crippen LogP contribution in [-0.4, -0.2) is 33.3 Å². The van der Waals surface area contributed by atoms with Crippen molar-refractivity contribution in [1.82, 2.24) is 9.88 Å². The Morgan fingerprint density at radius 1 is 1.16 bits per heavy atom. The summed E-state index contributed by atoms with van der Waals surface area (Å²) in [4.78, 5) is 31.5. The number of Topliss-reactive ketones (excluding diaryl/α,β-unsaturated/α-hetero) is 1. The Morgan fingerprint density at radius 2 is 1.94 bits per heavy atom. The fraction of sp³-hybridized carbons (Fsp3) is 0.240. The number of benzene rings is 1. The van der Waals surface area contributed by atoms with Gasteiger partial charge in [0, 0.05) is 24.5 Å². The number of aliphatic hydroxyl groups is 1. The molecule has 32 heavy (non-hydrogen) atoms. The van der Waals surface area contributed by atoms with Crippen molar-refractivity contribution in [3.63, 3.8) is 0 Å². The van der Waals surface area contributed by atoms with Crippen molar-refractivity contribution in [2.75, 3.05) is 6.61 Å². The third-order valence-electron chi connectivity index (χ3n) is 5.25. The summed E-state index contributed by atoms with van der Waals surface area (Å²) in [6.07, 6.45) is 4.09. The number of aliphatic hydroxyl groups excluding tert-OH is 1. The Hall–Kier alpha value is -3.87. The zero-order chi connectivity index (χ0) is 22.7. The summed E-state index contributed by atoms with van der Waals surface area (Å²) >= 11 is 0. The summed E-state index contributed by atoms with van der Waals surface area (Å²) in [5.41, 5.74) is 1.20. The minimum Gasteiger partial charge on any atom is -0.507 e. The van der Waals surface area contributed by atoms with Crippen LogP contribution in [0.25, 0.3) is 5.76 Å². The molecule has 1 amide bonds. The molecule has 1 fully saturated rings. The highest BCUT2D eigenvalue weighted by Crippen LogP contribution is 2.41. The van der Waals surface area contributed by atoms with Gasteiger partial charge in [-0.15, -0.1) is 0 Å². The van der Waals surface area contributed by atoms with Crippen LogP contribution in [0.5, 0.6) is 5.75 Å². The molecule has 1 atom stereocenters. The minimum absolute atomic E-state index is 0.00829. The van der Waals surface area contributed by atoms with Crippen LogP contribution >= 0.6 is 0 Å². The number of hydrogen-bond donors (Lipinski definition) is 1. The second kappa shape index (κ2) is 9.09. The first kappa shape index (κ1) is 21.4. The Kier molecular flexibility index (Phi) is 6.07. The molecule has 1 aromatic carbocycles. The Morgan fingerprint density at radius 3 is 2.62 bits per heavy atom. The van der Waals surface area contributed by atoms with E-state index in [1.165, 1.54) is 4.90 Å². The Bertz CT molecular complexity index is 1170. The predicted octanol–water partition coefficient (Wildman–Crippen LogP) is 4.39. The largest absolute Gasteiger partial charge is 0.507 e. The summed E-state index contributed by atoms with van der Waals surface area (Å²) in [5, 5.41) is 11.2. The molecule has 0 spiro atoms. The Balaban J connectivity index is 1.80. The molecule has 164 valence electrons. The number of carbonyl (C=O) groups excluding carboxylic acids is 2. The van der Waals surface area contributed by atoms with Crippen molar-refractivity contribution in [2.45, 2.75) is 32.9 Å². The van der Waals surface area contributed by atoms with E-state index in [4.69, 9.17) is 9.15 Å². The number of ether oxygens (including phenoxy) is 1. The van der Waals surface area contributed by atoms with Crippen molar-refractivity contribution in [3.8, 4) is 5.75 Å². The smallest absolute Gasteiger partial charge is 0.296 e. The molecule has 0 saturated carbocycles. The van der Waals surface area contributed by atoms with E-state index >= 15 is 0 Å². The van der Waals surface area contributed by atoms with Crippen LogP contribution in [0.3, 0.4) is 0 Å². The number of nitrogens with zero attached hydrogens (tertiary/aromatic N) is 2. The molecule has 7 nitrogen and oxygen atoms in total. The van der Waals surface area contributed by atoms with Crippen LogP contribution in [0.1, 0.15) is 42.0 Å². The molecule has 0 aliphatic carbocycles. The number of rotatable bonds is 7. The first-order chi connectivity index (χ1) is 15.5. The average molecular weight is 432 g/mol. The van der Waals surface area contributed by atoms with E-state index in [1.807, 2.05) is 6.92 Å². The van der Waals surface area contributed by atoms with Crippen molar-refractivity contribution in [3.05, 3.63) is 89.1 Å². The topological polar surface area (TPSA) is 92.9 Å². The number of likely N-dealkylation sites (tertiary alicyclic amines) is 1. The summed E-state index contributed by atoms with van der Waals surface area (Å²) < 4.78 is 11.4. The first-order valence-electron chi connectivity index (χ1n) is 10.5. The second-order valence-corrected chi connectivity index (χ2v) is 7.61. The van der Waals surface area contributed by atoms with E-state index in [-0.39, 0.29) is 17.9 Å². The lowest BCUT2D eigenvalue weighted by Gasteiger charge is -2.23. The number of carbonyl (C=O) groups is 2. The second-order valence-electron chi connectivity index (χ2n) is 7.61. The number of ketones is 1. The zero-order valence-electron chi connectivity index (χ0n) is 17.9. The van der Waals surface area contributed by atoms with Crippen LogP contribution in [0.2, 0.25) is 0 Å². The van der Waals surface area contributed by atoms with E-state index in [1.54, 1.807) is 67.8 Å². The summed E-state index contributed by atoms with van der Waals surface area (Å²) in [5.74, 6) is -0.0784. The SMILES string of the molecule is CCCOc1cccc(/C(O)=C2\C(=O)C(=O)N(Cc3ccncc3)C2c2ccc(C)o2)c1. The van der Waals surface area contributed by atoms with Gasteiger partial charge in [0.1, 0.15) is 29.1 Å². The summed E-state index contributed by atoms with van der Waals surface area (Å²) in [6, 6.07) is 13.0. The van der Waals surface area contributed by atoms with Gasteiger partial charge in [-0.3, -0.25) is 14.6 Å². The van der Waals surface area contributed by atoms with Gasteiger partial charge in [-0.2, -0.15) is 0 Å². The molecule has 1 N–H and O–H groups in total. The number of aryl methyl sites for hydroxylation is 1.